The zero-order valence-corrected chi connectivity index (χ0v) is 24.3. The lowest BCUT2D eigenvalue weighted by Gasteiger charge is -2.54. The van der Waals surface area contributed by atoms with Gasteiger partial charge < -0.3 is 19.9 Å². The van der Waals surface area contributed by atoms with Gasteiger partial charge >= 0.3 is 6.18 Å². The molecule has 2 fully saturated rings. The normalized spacial score (nSPS) is 24.0. The Morgan fingerprint density at radius 3 is 2.72 bits per heavy atom. The molecule has 3 aliphatic rings. The molecular formula is C32H35F4N5O2. The van der Waals surface area contributed by atoms with Crippen molar-refractivity contribution < 1.29 is 27.1 Å². The van der Waals surface area contributed by atoms with E-state index >= 15 is 0 Å². The van der Waals surface area contributed by atoms with Crippen LogP contribution in [0.15, 0.2) is 48.7 Å². The number of ether oxygens (including phenoxy) is 1. The highest BCUT2D eigenvalue weighted by atomic mass is 19.4. The maximum atomic E-state index is 14.1. The molecule has 5 heterocycles. The zero-order valence-electron chi connectivity index (χ0n) is 24.3. The van der Waals surface area contributed by atoms with Crippen LogP contribution in [0, 0.1) is 11.7 Å². The molecule has 43 heavy (non-hydrogen) atoms. The minimum Gasteiger partial charge on any atom is -0.477 e. The van der Waals surface area contributed by atoms with Gasteiger partial charge in [-0.05, 0) is 74.2 Å². The largest absolute Gasteiger partial charge is 0.477 e. The third-order valence-electron chi connectivity index (χ3n) is 9.30. The van der Waals surface area contributed by atoms with Crippen LogP contribution in [0.2, 0.25) is 0 Å². The third-order valence-corrected chi connectivity index (χ3v) is 9.30. The number of aromatic nitrogens is 2. The highest BCUT2D eigenvalue weighted by Gasteiger charge is 2.52. The Bertz CT molecular complexity index is 1510. The first-order chi connectivity index (χ1) is 20.7. The first-order valence-corrected chi connectivity index (χ1v) is 14.9. The lowest BCUT2D eigenvalue weighted by atomic mass is 9.62. The minimum absolute atomic E-state index is 0.00447. The van der Waals surface area contributed by atoms with E-state index in [1.165, 1.54) is 6.07 Å². The van der Waals surface area contributed by atoms with Crippen molar-refractivity contribution in [3.8, 4) is 17.1 Å². The van der Waals surface area contributed by atoms with Crippen molar-refractivity contribution in [2.75, 3.05) is 44.2 Å². The van der Waals surface area contributed by atoms with Crippen LogP contribution < -0.4 is 15.0 Å². The molecule has 1 N–H and O–H groups in total. The summed E-state index contributed by atoms with van der Waals surface area (Å²) >= 11 is 0. The maximum Gasteiger partial charge on any atom is 0.418 e. The Morgan fingerprint density at radius 2 is 2.00 bits per heavy atom. The number of halogens is 4. The van der Waals surface area contributed by atoms with Crippen molar-refractivity contribution in [3.05, 3.63) is 71.3 Å². The van der Waals surface area contributed by atoms with Gasteiger partial charge in [0.05, 0.1) is 23.4 Å². The summed E-state index contributed by atoms with van der Waals surface area (Å²) in [6.07, 6.45) is -1.01. The van der Waals surface area contributed by atoms with E-state index in [1.807, 2.05) is 36.9 Å². The number of hydrogen-bond acceptors (Lipinski definition) is 6. The van der Waals surface area contributed by atoms with Gasteiger partial charge in [-0.25, -0.2) is 14.4 Å². The van der Waals surface area contributed by atoms with Crippen LogP contribution >= 0.6 is 0 Å². The fraction of sp³-hybridized carbons (Fsp3) is 0.469. The molecule has 0 radical (unpaired) electrons. The molecule has 3 aromatic rings. The fourth-order valence-electron chi connectivity index (χ4n) is 7.19. The summed E-state index contributed by atoms with van der Waals surface area (Å²) in [5.41, 5.74) is 1.00. The number of benzene rings is 1. The Hall–Kier alpha value is -3.73. The number of nitrogens with one attached hydrogen (secondary N) is 1. The molecule has 1 spiro atoms. The van der Waals surface area contributed by atoms with Gasteiger partial charge in [-0.2, -0.15) is 13.2 Å². The summed E-state index contributed by atoms with van der Waals surface area (Å²) < 4.78 is 61.5. The minimum atomic E-state index is -4.68. The van der Waals surface area contributed by atoms with Crippen LogP contribution in [0.4, 0.5) is 23.2 Å². The highest BCUT2D eigenvalue weighted by molar-refractivity contribution is 5.96. The molecule has 0 aliphatic carbocycles. The molecule has 11 heteroatoms. The van der Waals surface area contributed by atoms with Crippen molar-refractivity contribution in [2.45, 2.75) is 50.7 Å². The Morgan fingerprint density at radius 1 is 1.16 bits per heavy atom. The van der Waals surface area contributed by atoms with Crippen LogP contribution in [-0.2, 0) is 11.6 Å². The predicted octanol–water partition coefficient (Wildman–Crippen LogP) is 5.69. The van der Waals surface area contributed by atoms with Gasteiger partial charge in [0, 0.05) is 49.5 Å². The molecule has 0 unspecified atom stereocenters. The van der Waals surface area contributed by atoms with Gasteiger partial charge in [0.15, 0.2) is 0 Å². The van der Waals surface area contributed by atoms with E-state index in [0.29, 0.717) is 74.5 Å². The van der Waals surface area contributed by atoms with E-state index in [1.54, 1.807) is 17.2 Å². The van der Waals surface area contributed by atoms with E-state index in [9.17, 15) is 22.4 Å². The summed E-state index contributed by atoms with van der Waals surface area (Å²) in [5, 5.41) is 3.36. The quantitative estimate of drug-likeness (QED) is 0.368. The van der Waals surface area contributed by atoms with Gasteiger partial charge in [-0.15, -0.1) is 0 Å². The summed E-state index contributed by atoms with van der Waals surface area (Å²) in [4.78, 5) is 27.1. The number of alkyl halides is 3. The number of fused-ring (bicyclic) bond motifs is 2. The Balaban J connectivity index is 1.43. The van der Waals surface area contributed by atoms with Crippen LogP contribution in [0.5, 0.6) is 5.88 Å². The smallest absolute Gasteiger partial charge is 0.418 e. The van der Waals surface area contributed by atoms with Crippen LogP contribution in [-0.4, -0.2) is 66.1 Å². The second kappa shape index (κ2) is 11.4. The number of nitrogens with zero attached hydrogens (tertiary/aromatic N) is 4. The van der Waals surface area contributed by atoms with Gasteiger partial charge in [-0.1, -0.05) is 19.4 Å². The van der Waals surface area contributed by atoms with E-state index < -0.39 is 23.0 Å². The number of piperidine rings is 1. The van der Waals surface area contributed by atoms with E-state index in [0.717, 1.165) is 24.6 Å². The number of anilines is 1. The standard InChI is InChI=1S/C32H35F4N5O2/c1-3-20-18-40(27-10-7-21(33)16-25(27)32(34,35)36)15-12-31(20)19-41(22-11-14-37-17-22)30(42)28-24(31)8-9-26(39-28)23-6-5-13-38-29(23)43-4-2/h5-10,13,16,20,22,37H,3-4,11-12,14-15,17-19H2,1-2H3/t20-,22+,31+/m1/s1. The van der Waals surface area contributed by atoms with Crippen molar-refractivity contribution in [1.82, 2.24) is 20.2 Å². The van der Waals surface area contributed by atoms with Crippen LogP contribution in [0.1, 0.15) is 54.7 Å². The van der Waals surface area contributed by atoms with Gasteiger partial charge in [0.25, 0.3) is 5.91 Å². The SMILES string of the molecule is CCOc1ncccc1-c1ccc2c(n1)C(=O)N([C@H]1CCNC1)C[C@]21CCN(c2ccc(F)cc2C(F)(F)F)C[C@H]1CC. The molecule has 1 amide bonds. The topological polar surface area (TPSA) is 70.6 Å². The Kier molecular flexibility index (Phi) is 7.78. The molecule has 2 aromatic heterocycles. The van der Waals surface area contributed by atoms with E-state index in [2.05, 4.69) is 10.3 Å². The average molecular weight is 598 g/mol. The van der Waals surface area contributed by atoms with Crippen LogP contribution in [0.25, 0.3) is 11.3 Å². The third kappa shape index (κ3) is 5.21. The molecule has 0 saturated carbocycles. The number of carbonyl (C=O) groups excluding carboxylic acids is 1. The van der Waals surface area contributed by atoms with E-state index in [4.69, 9.17) is 9.72 Å². The molecule has 3 aliphatic heterocycles. The van der Waals surface area contributed by atoms with Crippen molar-refractivity contribution in [1.29, 1.82) is 0 Å². The summed E-state index contributed by atoms with van der Waals surface area (Å²) in [6, 6.07) is 10.4. The summed E-state index contributed by atoms with van der Waals surface area (Å²) in [6.45, 7) is 6.98. The van der Waals surface area contributed by atoms with Crippen molar-refractivity contribution >= 4 is 11.6 Å². The molecule has 7 nitrogen and oxygen atoms in total. The Labute approximate surface area is 248 Å². The fourth-order valence-corrected chi connectivity index (χ4v) is 7.19. The average Bonchev–Trinajstić information content (AvgIpc) is 3.54. The summed E-state index contributed by atoms with van der Waals surface area (Å²) in [5.74, 6) is -0.693. The molecule has 228 valence electrons. The first-order valence-electron chi connectivity index (χ1n) is 14.9. The molecule has 1 aromatic carbocycles. The lowest BCUT2D eigenvalue weighted by molar-refractivity contribution is -0.137. The molecule has 0 bridgehead atoms. The molecule has 2 saturated heterocycles. The van der Waals surface area contributed by atoms with Crippen molar-refractivity contribution in [2.24, 2.45) is 5.92 Å². The van der Waals surface area contributed by atoms with E-state index in [-0.39, 0.29) is 23.6 Å². The second-order valence-electron chi connectivity index (χ2n) is 11.6. The van der Waals surface area contributed by atoms with Gasteiger partial charge in [0.1, 0.15) is 11.5 Å². The highest BCUT2D eigenvalue weighted by Crippen LogP contribution is 2.49. The summed E-state index contributed by atoms with van der Waals surface area (Å²) in [7, 11) is 0. The molecule has 6 rings (SSSR count). The molecular weight excluding hydrogens is 562 g/mol. The van der Waals surface area contributed by atoms with Gasteiger partial charge in [-0.3, -0.25) is 4.79 Å². The lowest BCUT2D eigenvalue weighted by Crippen LogP contribution is -2.61. The van der Waals surface area contributed by atoms with Crippen molar-refractivity contribution in [3.63, 3.8) is 0 Å². The number of rotatable bonds is 6. The predicted molar refractivity (Wildman–Crippen MR) is 155 cm³/mol. The zero-order chi connectivity index (χ0) is 30.4. The number of pyridine rings is 2. The number of hydrogen-bond donors (Lipinski definition) is 1. The second-order valence-corrected chi connectivity index (χ2v) is 11.6. The first kappa shape index (κ1) is 29.3. The number of carbonyl (C=O) groups is 1. The maximum absolute atomic E-state index is 14.1. The monoisotopic (exact) mass is 597 g/mol. The number of amides is 1. The molecule has 3 atom stereocenters. The van der Waals surface area contributed by atoms with Gasteiger partial charge in [0.2, 0.25) is 5.88 Å². The van der Waals surface area contributed by atoms with Crippen LogP contribution in [0.3, 0.4) is 0 Å².